The van der Waals surface area contributed by atoms with Crippen LogP contribution in [0.5, 0.6) is 5.75 Å². The lowest BCUT2D eigenvalue weighted by molar-refractivity contribution is 0.151. The number of thioether (sulfide) groups is 1. The maximum absolute atomic E-state index is 11.1. The Morgan fingerprint density at radius 2 is 2.00 bits per heavy atom. The number of benzene rings is 2. The number of anilines is 1. The van der Waals surface area contributed by atoms with Crippen LogP contribution in [0.25, 0.3) is 0 Å². The summed E-state index contributed by atoms with van der Waals surface area (Å²) in [6.07, 6.45) is 1.73. The number of ether oxygens (including phenoxy) is 2. The highest BCUT2D eigenvalue weighted by Gasteiger charge is 2.15. The Balaban J connectivity index is 1.36. The maximum atomic E-state index is 11.1. The molecule has 126 valence electrons. The number of hydrogen-bond acceptors (Lipinski definition) is 4. The smallest absolute Gasteiger partial charge is 0.411 e. The Morgan fingerprint density at radius 1 is 1.17 bits per heavy atom. The molecule has 0 spiro atoms. The second-order valence-electron chi connectivity index (χ2n) is 5.74. The fraction of sp³-hybridized carbons (Fsp3) is 0.316. The first-order valence-electron chi connectivity index (χ1n) is 8.10. The van der Waals surface area contributed by atoms with Crippen LogP contribution in [-0.2, 0) is 11.3 Å². The predicted octanol–water partition coefficient (Wildman–Crippen LogP) is 5.01. The third-order valence-corrected chi connectivity index (χ3v) is 4.87. The Kier molecular flexibility index (Phi) is 5.64. The zero-order valence-electron chi connectivity index (χ0n) is 13.7. The lowest BCUT2D eigenvalue weighted by Crippen LogP contribution is -2.20. The molecule has 0 saturated heterocycles. The van der Waals surface area contributed by atoms with Crippen LogP contribution in [0.2, 0.25) is 0 Å². The van der Waals surface area contributed by atoms with Crippen LogP contribution in [0.15, 0.2) is 47.4 Å². The normalized spacial score (nSPS) is 13.0. The number of unbranched alkanes of at least 4 members (excludes halogenated alkanes) is 1. The highest BCUT2D eigenvalue weighted by molar-refractivity contribution is 7.99. The average molecular weight is 343 g/mol. The standard InChI is InChI=1S/C19H21NO3S/c1-14-4-7-17(8-5-14)24-11-3-2-10-22-16-6-9-18-15(12-16)13-23-19(21)20-18/h4-9,12H,2-3,10-11,13H2,1H3,(H,20,21). The van der Waals surface area contributed by atoms with E-state index < -0.39 is 6.09 Å². The van der Waals surface area contributed by atoms with Gasteiger partial charge in [-0.25, -0.2) is 4.79 Å². The van der Waals surface area contributed by atoms with Crippen LogP contribution in [-0.4, -0.2) is 18.5 Å². The number of nitrogens with one attached hydrogen (secondary N) is 1. The first-order valence-corrected chi connectivity index (χ1v) is 9.08. The molecule has 0 atom stereocenters. The van der Waals surface area contributed by atoms with Gasteiger partial charge in [0.2, 0.25) is 0 Å². The van der Waals surface area contributed by atoms with E-state index in [9.17, 15) is 4.79 Å². The fourth-order valence-electron chi connectivity index (χ4n) is 2.41. The molecule has 2 aromatic carbocycles. The SMILES string of the molecule is Cc1ccc(SCCCCOc2ccc3c(c2)COC(=O)N3)cc1. The van der Waals surface area contributed by atoms with Crippen LogP contribution in [0.1, 0.15) is 24.0 Å². The van der Waals surface area contributed by atoms with Crippen LogP contribution < -0.4 is 10.1 Å². The van der Waals surface area contributed by atoms with Crippen molar-refractivity contribution in [2.24, 2.45) is 0 Å². The molecule has 0 bridgehead atoms. The number of amides is 1. The fourth-order valence-corrected chi connectivity index (χ4v) is 3.32. The molecule has 4 nitrogen and oxygen atoms in total. The minimum Gasteiger partial charge on any atom is -0.494 e. The average Bonchev–Trinajstić information content (AvgIpc) is 2.59. The van der Waals surface area contributed by atoms with Gasteiger partial charge in [-0.15, -0.1) is 11.8 Å². The first kappa shape index (κ1) is 16.7. The van der Waals surface area contributed by atoms with Crippen LogP contribution in [0.3, 0.4) is 0 Å². The molecule has 0 fully saturated rings. The van der Waals surface area contributed by atoms with Crippen molar-refractivity contribution in [1.29, 1.82) is 0 Å². The van der Waals surface area contributed by atoms with Gasteiger partial charge in [-0.3, -0.25) is 5.32 Å². The van der Waals surface area contributed by atoms with E-state index in [1.165, 1.54) is 10.5 Å². The molecule has 0 aliphatic carbocycles. The zero-order chi connectivity index (χ0) is 16.8. The second-order valence-corrected chi connectivity index (χ2v) is 6.91. The molecule has 0 aromatic heterocycles. The van der Waals surface area contributed by atoms with E-state index in [1.807, 2.05) is 30.0 Å². The van der Waals surface area contributed by atoms with Crippen molar-refractivity contribution in [2.45, 2.75) is 31.3 Å². The third kappa shape index (κ3) is 4.68. The second kappa shape index (κ2) is 8.11. The summed E-state index contributed by atoms with van der Waals surface area (Å²) in [7, 11) is 0. The molecular weight excluding hydrogens is 322 g/mol. The highest BCUT2D eigenvalue weighted by atomic mass is 32.2. The summed E-state index contributed by atoms with van der Waals surface area (Å²) in [4.78, 5) is 12.5. The number of carbonyl (C=O) groups is 1. The summed E-state index contributed by atoms with van der Waals surface area (Å²) < 4.78 is 10.7. The Labute approximate surface area is 146 Å². The summed E-state index contributed by atoms with van der Waals surface area (Å²) in [5.74, 6) is 1.91. The molecule has 1 aliphatic heterocycles. The molecule has 0 saturated carbocycles. The van der Waals surface area contributed by atoms with Crippen molar-refractivity contribution < 1.29 is 14.3 Å². The van der Waals surface area contributed by atoms with E-state index in [0.717, 1.165) is 35.6 Å². The van der Waals surface area contributed by atoms with Crippen LogP contribution in [0, 0.1) is 6.92 Å². The van der Waals surface area contributed by atoms with E-state index >= 15 is 0 Å². The summed E-state index contributed by atoms with van der Waals surface area (Å²) in [5, 5.41) is 2.67. The first-order chi connectivity index (χ1) is 11.7. The summed E-state index contributed by atoms with van der Waals surface area (Å²) in [6, 6.07) is 14.3. The third-order valence-electron chi connectivity index (χ3n) is 3.77. The topological polar surface area (TPSA) is 47.6 Å². The van der Waals surface area contributed by atoms with Gasteiger partial charge >= 0.3 is 6.09 Å². The Bertz CT molecular complexity index is 700. The Morgan fingerprint density at radius 3 is 2.83 bits per heavy atom. The number of aryl methyl sites for hydroxylation is 1. The van der Waals surface area contributed by atoms with Crippen LogP contribution in [0.4, 0.5) is 10.5 Å². The van der Waals surface area contributed by atoms with Gasteiger partial charge in [-0.2, -0.15) is 0 Å². The van der Waals surface area contributed by atoms with Gasteiger partial charge in [0.1, 0.15) is 12.4 Å². The molecule has 2 aromatic rings. The van der Waals surface area contributed by atoms with Crippen molar-refractivity contribution in [3.8, 4) is 5.75 Å². The number of rotatable bonds is 7. The van der Waals surface area contributed by atoms with Crippen molar-refractivity contribution >= 4 is 23.5 Å². The molecule has 1 heterocycles. The maximum Gasteiger partial charge on any atom is 0.411 e. The molecule has 3 rings (SSSR count). The minimum atomic E-state index is -0.401. The predicted molar refractivity (Wildman–Crippen MR) is 96.9 cm³/mol. The quantitative estimate of drug-likeness (QED) is 0.567. The summed E-state index contributed by atoms with van der Waals surface area (Å²) in [6.45, 7) is 3.10. The van der Waals surface area contributed by atoms with E-state index in [-0.39, 0.29) is 0 Å². The van der Waals surface area contributed by atoms with Gasteiger partial charge in [0.25, 0.3) is 0 Å². The number of hydrogen-bond donors (Lipinski definition) is 1. The van der Waals surface area contributed by atoms with Crippen LogP contribution >= 0.6 is 11.8 Å². The van der Waals surface area contributed by atoms with Gasteiger partial charge in [0, 0.05) is 10.5 Å². The van der Waals surface area contributed by atoms with Gasteiger partial charge in [-0.05, 0) is 55.9 Å². The molecule has 24 heavy (non-hydrogen) atoms. The van der Waals surface area contributed by atoms with E-state index in [2.05, 4.69) is 36.5 Å². The molecule has 0 unspecified atom stereocenters. The van der Waals surface area contributed by atoms with Gasteiger partial charge in [0.15, 0.2) is 0 Å². The molecule has 1 aliphatic rings. The van der Waals surface area contributed by atoms with Crippen molar-refractivity contribution in [3.05, 3.63) is 53.6 Å². The lowest BCUT2D eigenvalue weighted by atomic mass is 10.1. The van der Waals surface area contributed by atoms with Crippen molar-refractivity contribution in [2.75, 3.05) is 17.7 Å². The highest BCUT2D eigenvalue weighted by Crippen LogP contribution is 2.26. The summed E-state index contributed by atoms with van der Waals surface area (Å²) in [5.41, 5.74) is 3.04. The Hall–Kier alpha value is -2.14. The van der Waals surface area contributed by atoms with Gasteiger partial charge in [0.05, 0.1) is 12.3 Å². The number of carbonyl (C=O) groups excluding carboxylic acids is 1. The molecule has 1 N–H and O–H groups in total. The van der Waals surface area contributed by atoms with E-state index in [0.29, 0.717) is 13.2 Å². The van der Waals surface area contributed by atoms with E-state index in [1.54, 1.807) is 0 Å². The molecular formula is C19H21NO3S. The number of fused-ring (bicyclic) bond motifs is 1. The van der Waals surface area contributed by atoms with Crippen molar-refractivity contribution in [1.82, 2.24) is 0 Å². The zero-order valence-corrected chi connectivity index (χ0v) is 14.5. The monoisotopic (exact) mass is 343 g/mol. The van der Waals surface area contributed by atoms with E-state index in [4.69, 9.17) is 9.47 Å². The van der Waals surface area contributed by atoms with Gasteiger partial charge < -0.3 is 9.47 Å². The largest absolute Gasteiger partial charge is 0.494 e. The number of cyclic esters (lactones) is 1. The minimum absolute atomic E-state index is 0.297. The molecule has 5 heteroatoms. The van der Waals surface area contributed by atoms with Crippen molar-refractivity contribution in [3.63, 3.8) is 0 Å². The van der Waals surface area contributed by atoms with Gasteiger partial charge in [-0.1, -0.05) is 17.7 Å². The lowest BCUT2D eigenvalue weighted by Gasteiger charge is -2.18. The molecule has 0 radical (unpaired) electrons. The molecule has 1 amide bonds. The summed E-state index contributed by atoms with van der Waals surface area (Å²) >= 11 is 1.88.